The number of benzene rings is 1. The zero-order chi connectivity index (χ0) is 13.0. The van der Waals surface area contributed by atoms with Gasteiger partial charge in [-0.3, -0.25) is 4.79 Å². The first-order chi connectivity index (χ1) is 7.95. The molecular formula is C12H18N2O3. The van der Waals surface area contributed by atoms with Crippen LogP contribution in [0.1, 0.15) is 6.92 Å². The fourth-order valence-corrected chi connectivity index (χ4v) is 1.39. The number of nitrogens with zero attached hydrogens (tertiary/aromatic N) is 1. The van der Waals surface area contributed by atoms with Gasteiger partial charge in [-0.2, -0.15) is 0 Å². The third-order valence-corrected chi connectivity index (χ3v) is 2.28. The average Bonchev–Trinajstić information content (AvgIpc) is 2.30. The lowest BCUT2D eigenvalue weighted by atomic mass is 10.2. The first-order valence-corrected chi connectivity index (χ1v) is 5.27. The van der Waals surface area contributed by atoms with Gasteiger partial charge >= 0.3 is 0 Å². The number of hydrogen-bond donors (Lipinski definition) is 1. The second-order valence-corrected chi connectivity index (χ2v) is 3.90. The van der Waals surface area contributed by atoms with E-state index in [0.29, 0.717) is 17.2 Å². The van der Waals surface area contributed by atoms with Crippen molar-refractivity contribution in [2.75, 3.05) is 26.9 Å². The summed E-state index contributed by atoms with van der Waals surface area (Å²) in [5, 5.41) is 0. The van der Waals surface area contributed by atoms with Crippen molar-refractivity contribution in [2.24, 2.45) is 0 Å². The zero-order valence-electron chi connectivity index (χ0n) is 10.6. The molecule has 0 aliphatic heterocycles. The number of amides is 1. The highest BCUT2D eigenvalue weighted by molar-refractivity contribution is 5.80. The van der Waals surface area contributed by atoms with Crippen LogP contribution in [0.4, 0.5) is 5.69 Å². The summed E-state index contributed by atoms with van der Waals surface area (Å²) in [4.78, 5) is 13.1. The number of likely N-dealkylation sites (N-methyl/N-ethyl adjacent to an activating group) is 1. The van der Waals surface area contributed by atoms with Gasteiger partial charge in [0.2, 0.25) is 0 Å². The number of anilines is 1. The minimum atomic E-state index is -0.567. The van der Waals surface area contributed by atoms with Gasteiger partial charge in [0, 0.05) is 25.8 Å². The molecule has 94 valence electrons. The fraction of sp³-hybridized carbons (Fsp3) is 0.417. The van der Waals surface area contributed by atoms with Crippen LogP contribution in [0.15, 0.2) is 18.2 Å². The Morgan fingerprint density at radius 3 is 2.53 bits per heavy atom. The largest absolute Gasteiger partial charge is 0.493 e. The van der Waals surface area contributed by atoms with Gasteiger partial charge in [-0.1, -0.05) is 0 Å². The predicted octanol–water partition coefficient (Wildman–Crippen LogP) is 1.13. The molecule has 1 aromatic rings. The minimum Gasteiger partial charge on any atom is -0.493 e. The van der Waals surface area contributed by atoms with E-state index in [9.17, 15) is 4.79 Å². The van der Waals surface area contributed by atoms with Crippen LogP contribution in [-0.2, 0) is 4.79 Å². The summed E-state index contributed by atoms with van der Waals surface area (Å²) in [5.41, 5.74) is 6.22. The summed E-state index contributed by atoms with van der Waals surface area (Å²) in [7, 11) is 4.89. The number of nitrogens with two attached hydrogens (primary N) is 1. The maximum Gasteiger partial charge on any atom is 0.262 e. The van der Waals surface area contributed by atoms with E-state index >= 15 is 0 Å². The van der Waals surface area contributed by atoms with Crippen LogP contribution in [0, 0.1) is 0 Å². The van der Waals surface area contributed by atoms with Crippen molar-refractivity contribution in [3.63, 3.8) is 0 Å². The average molecular weight is 238 g/mol. The van der Waals surface area contributed by atoms with Gasteiger partial charge in [0.15, 0.2) is 17.6 Å². The fourth-order valence-electron chi connectivity index (χ4n) is 1.39. The van der Waals surface area contributed by atoms with Crippen LogP contribution in [0.2, 0.25) is 0 Å². The summed E-state index contributed by atoms with van der Waals surface area (Å²) in [6.07, 6.45) is -0.567. The van der Waals surface area contributed by atoms with Crippen molar-refractivity contribution in [1.29, 1.82) is 0 Å². The second kappa shape index (κ2) is 5.43. The summed E-state index contributed by atoms with van der Waals surface area (Å²) in [6, 6.07) is 5.04. The smallest absolute Gasteiger partial charge is 0.262 e. The molecule has 5 heteroatoms. The Hall–Kier alpha value is -1.91. The molecule has 1 aromatic carbocycles. The Balaban J connectivity index is 2.84. The van der Waals surface area contributed by atoms with E-state index < -0.39 is 6.10 Å². The molecule has 0 aliphatic carbocycles. The molecule has 0 aromatic heterocycles. The van der Waals surface area contributed by atoms with E-state index in [0.717, 1.165) is 0 Å². The third-order valence-electron chi connectivity index (χ3n) is 2.28. The van der Waals surface area contributed by atoms with Crippen LogP contribution < -0.4 is 15.2 Å². The molecule has 0 saturated heterocycles. The van der Waals surface area contributed by atoms with Gasteiger partial charge in [-0.15, -0.1) is 0 Å². The maximum atomic E-state index is 11.6. The van der Waals surface area contributed by atoms with Crippen molar-refractivity contribution in [2.45, 2.75) is 13.0 Å². The summed E-state index contributed by atoms with van der Waals surface area (Å²) in [5.74, 6) is 0.914. The van der Waals surface area contributed by atoms with Crippen molar-refractivity contribution in [1.82, 2.24) is 4.90 Å². The molecule has 2 N–H and O–H groups in total. The van der Waals surface area contributed by atoms with Crippen molar-refractivity contribution >= 4 is 11.6 Å². The highest BCUT2D eigenvalue weighted by atomic mass is 16.5. The number of carbonyl (C=O) groups is 1. The molecule has 0 fully saturated rings. The molecule has 1 amide bonds. The third kappa shape index (κ3) is 3.27. The predicted molar refractivity (Wildman–Crippen MR) is 66.2 cm³/mol. The number of methoxy groups -OCH3 is 1. The molecule has 1 atom stereocenters. The first kappa shape index (κ1) is 13.2. The molecule has 0 saturated carbocycles. The maximum absolute atomic E-state index is 11.6. The standard InChI is InChI=1S/C12H18N2O3/c1-8(12(15)14(2)3)17-10-6-5-9(13)7-11(10)16-4/h5-8H,13H2,1-4H3. The van der Waals surface area contributed by atoms with Gasteiger partial charge in [-0.25, -0.2) is 0 Å². The number of nitrogen functional groups attached to an aromatic ring is 1. The Bertz CT molecular complexity index is 405. The Labute approximate surface area is 101 Å². The molecule has 17 heavy (non-hydrogen) atoms. The molecule has 0 heterocycles. The lowest BCUT2D eigenvalue weighted by molar-refractivity contribution is -0.135. The molecule has 0 aliphatic rings. The highest BCUT2D eigenvalue weighted by Crippen LogP contribution is 2.29. The summed E-state index contributed by atoms with van der Waals surface area (Å²) < 4.78 is 10.7. The van der Waals surface area contributed by atoms with Gasteiger partial charge in [0.25, 0.3) is 5.91 Å². The van der Waals surface area contributed by atoms with Gasteiger partial charge in [0.1, 0.15) is 0 Å². The monoisotopic (exact) mass is 238 g/mol. The first-order valence-electron chi connectivity index (χ1n) is 5.27. The van der Waals surface area contributed by atoms with E-state index in [1.807, 2.05) is 0 Å². The summed E-state index contributed by atoms with van der Waals surface area (Å²) >= 11 is 0. The molecule has 1 unspecified atom stereocenters. The topological polar surface area (TPSA) is 64.8 Å². The number of carbonyl (C=O) groups excluding carboxylic acids is 1. The zero-order valence-corrected chi connectivity index (χ0v) is 10.6. The molecule has 5 nitrogen and oxygen atoms in total. The van der Waals surface area contributed by atoms with E-state index in [4.69, 9.17) is 15.2 Å². The number of ether oxygens (including phenoxy) is 2. The molecule has 1 rings (SSSR count). The van der Waals surface area contributed by atoms with Crippen LogP contribution >= 0.6 is 0 Å². The second-order valence-electron chi connectivity index (χ2n) is 3.90. The lowest BCUT2D eigenvalue weighted by Gasteiger charge is -2.19. The Kier molecular flexibility index (Phi) is 4.20. The van der Waals surface area contributed by atoms with Crippen molar-refractivity contribution < 1.29 is 14.3 Å². The van der Waals surface area contributed by atoms with Crippen LogP contribution in [0.5, 0.6) is 11.5 Å². The SMILES string of the molecule is COc1cc(N)ccc1OC(C)C(=O)N(C)C. The molecule has 0 bridgehead atoms. The van der Waals surface area contributed by atoms with Crippen LogP contribution in [-0.4, -0.2) is 38.1 Å². The van der Waals surface area contributed by atoms with Crippen molar-refractivity contribution in [3.05, 3.63) is 18.2 Å². The minimum absolute atomic E-state index is 0.108. The van der Waals surface area contributed by atoms with Crippen molar-refractivity contribution in [3.8, 4) is 11.5 Å². The van der Waals surface area contributed by atoms with Gasteiger partial charge in [0.05, 0.1) is 7.11 Å². The number of hydrogen-bond acceptors (Lipinski definition) is 4. The Morgan fingerprint density at radius 2 is 2.00 bits per heavy atom. The highest BCUT2D eigenvalue weighted by Gasteiger charge is 2.18. The van der Waals surface area contributed by atoms with Crippen LogP contribution in [0.25, 0.3) is 0 Å². The van der Waals surface area contributed by atoms with E-state index in [1.165, 1.54) is 12.0 Å². The Morgan fingerprint density at radius 1 is 1.35 bits per heavy atom. The van der Waals surface area contributed by atoms with E-state index in [1.54, 1.807) is 39.2 Å². The van der Waals surface area contributed by atoms with Gasteiger partial charge < -0.3 is 20.1 Å². The number of rotatable bonds is 4. The summed E-state index contributed by atoms with van der Waals surface area (Å²) in [6.45, 7) is 1.69. The quantitative estimate of drug-likeness (QED) is 0.799. The van der Waals surface area contributed by atoms with Crippen LogP contribution in [0.3, 0.4) is 0 Å². The normalized spacial score (nSPS) is 11.8. The molecule has 0 radical (unpaired) electrons. The van der Waals surface area contributed by atoms with E-state index in [2.05, 4.69) is 0 Å². The molecule has 0 spiro atoms. The van der Waals surface area contributed by atoms with E-state index in [-0.39, 0.29) is 5.91 Å². The lowest BCUT2D eigenvalue weighted by Crippen LogP contribution is -2.35. The molecular weight excluding hydrogens is 220 g/mol. The van der Waals surface area contributed by atoms with Gasteiger partial charge in [-0.05, 0) is 19.1 Å².